The predicted molar refractivity (Wildman–Crippen MR) is 109 cm³/mol. The number of carbonyl (C=O) groups is 1. The number of amides is 1. The average Bonchev–Trinajstić information content (AvgIpc) is 3.25. The monoisotopic (exact) mass is 377 g/mol. The Morgan fingerprint density at radius 1 is 1.07 bits per heavy atom. The van der Waals surface area contributed by atoms with E-state index in [9.17, 15) is 4.79 Å². The molecule has 1 heterocycles. The van der Waals surface area contributed by atoms with Crippen LogP contribution in [0.25, 0.3) is 10.8 Å². The fraction of sp³-hybridized carbons (Fsp3) is 0.261. The fourth-order valence-corrected chi connectivity index (χ4v) is 3.41. The van der Waals surface area contributed by atoms with Crippen molar-refractivity contribution in [3.8, 4) is 11.5 Å². The number of para-hydroxylation sites is 2. The molecule has 5 heteroatoms. The largest absolute Gasteiger partial charge is 0.495 e. The molecule has 1 fully saturated rings. The highest BCUT2D eigenvalue weighted by atomic mass is 16.5. The smallest absolute Gasteiger partial charge is 0.259 e. The minimum absolute atomic E-state index is 0.0802. The van der Waals surface area contributed by atoms with Crippen molar-refractivity contribution in [3.63, 3.8) is 0 Å². The molecule has 0 spiro atoms. The normalized spacial score (nSPS) is 16.1. The lowest BCUT2D eigenvalue weighted by molar-refractivity contribution is 0.0673. The Kier molecular flexibility index (Phi) is 5.44. The van der Waals surface area contributed by atoms with Crippen molar-refractivity contribution in [1.82, 2.24) is 0 Å². The van der Waals surface area contributed by atoms with Gasteiger partial charge in [-0.25, -0.2) is 0 Å². The van der Waals surface area contributed by atoms with Crippen LogP contribution in [0, 0.1) is 0 Å². The highest BCUT2D eigenvalue weighted by Crippen LogP contribution is 2.29. The fourth-order valence-electron chi connectivity index (χ4n) is 3.41. The molecule has 0 bridgehead atoms. The number of hydrogen-bond donors (Lipinski definition) is 1. The van der Waals surface area contributed by atoms with E-state index in [1.54, 1.807) is 7.11 Å². The van der Waals surface area contributed by atoms with Gasteiger partial charge in [0.1, 0.15) is 18.1 Å². The van der Waals surface area contributed by atoms with Gasteiger partial charge >= 0.3 is 0 Å². The van der Waals surface area contributed by atoms with E-state index in [1.807, 2.05) is 60.7 Å². The van der Waals surface area contributed by atoms with Crippen LogP contribution >= 0.6 is 0 Å². The molecule has 1 atom stereocenters. The van der Waals surface area contributed by atoms with Gasteiger partial charge in [0.15, 0.2) is 0 Å². The second kappa shape index (κ2) is 8.31. The van der Waals surface area contributed by atoms with Crippen molar-refractivity contribution in [2.45, 2.75) is 18.9 Å². The average molecular weight is 377 g/mol. The third-order valence-corrected chi connectivity index (χ3v) is 4.90. The highest BCUT2D eigenvalue weighted by molar-refractivity contribution is 6.09. The molecule has 0 aromatic heterocycles. The second-order valence-corrected chi connectivity index (χ2v) is 6.80. The van der Waals surface area contributed by atoms with Gasteiger partial charge in [-0.3, -0.25) is 4.79 Å². The number of hydrogen-bond acceptors (Lipinski definition) is 4. The molecule has 1 aliphatic heterocycles. The molecule has 3 aromatic carbocycles. The van der Waals surface area contributed by atoms with Gasteiger partial charge in [0.05, 0.1) is 24.5 Å². The number of methoxy groups -OCH3 is 1. The van der Waals surface area contributed by atoms with Gasteiger partial charge in [-0.1, -0.05) is 36.4 Å². The Bertz CT molecular complexity index is 979. The van der Waals surface area contributed by atoms with Crippen molar-refractivity contribution in [2.24, 2.45) is 0 Å². The lowest BCUT2D eigenvalue weighted by Gasteiger charge is -2.16. The Balaban J connectivity index is 1.64. The molecule has 1 aliphatic rings. The number of fused-ring (bicyclic) bond motifs is 1. The Morgan fingerprint density at radius 2 is 1.82 bits per heavy atom. The summed E-state index contributed by atoms with van der Waals surface area (Å²) < 4.78 is 17.0. The van der Waals surface area contributed by atoms with E-state index >= 15 is 0 Å². The zero-order chi connectivity index (χ0) is 19.3. The van der Waals surface area contributed by atoms with E-state index in [4.69, 9.17) is 14.2 Å². The quantitative estimate of drug-likeness (QED) is 0.679. The van der Waals surface area contributed by atoms with E-state index in [1.165, 1.54) is 0 Å². The maximum atomic E-state index is 13.1. The van der Waals surface area contributed by atoms with E-state index < -0.39 is 0 Å². The molecular formula is C23H23NO4. The molecule has 5 nitrogen and oxygen atoms in total. The first-order chi connectivity index (χ1) is 13.7. The van der Waals surface area contributed by atoms with Gasteiger partial charge in [-0.15, -0.1) is 0 Å². The molecule has 4 rings (SSSR count). The van der Waals surface area contributed by atoms with Crippen LogP contribution in [0.3, 0.4) is 0 Å². The van der Waals surface area contributed by atoms with E-state index in [2.05, 4.69) is 5.32 Å². The van der Waals surface area contributed by atoms with Crippen molar-refractivity contribution < 1.29 is 19.0 Å². The summed E-state index contributed by atoms with van der Waals surface area (Å²) in [6.45, 7) is 1.21. The van der Waals surface area contributed by atoms with E-state index in [0.29, 0.717) is 29.4 Å². The molecule has 28 heavy (non-hydrogen) atoms. The zero-order valence-corrected chi connectivity index (χ0v) is 15.8. The van der Waals surface area contributed by atoms with Crippen LogP contribution < -0.4 is 14.8 Å². The van der Waals surface area contributed by atoms with Crippen LogP contribution in [0.1, 0.15) is 23.2 Å². The molecule has 1 amide bonds. The summed E-state index contributed by atoms with van der Waals surface area (Å²) in [6.07, 6.45) is 2.11. The molecule has 1 N–H and O–H groups in total. The van der Waals surface area contributed by atoms with Gasteiger partial charge in [-0.05, 0) is 47.9 Å². The maximum absolute atomic E-state index is 13.1. The lowest BCUT2D eigenvalue weighted by Crippen LogP contribution is -2.19. The second-order valence-electron chi connectivity index (χ2n) is 6.80. The van der Waals surface area contributed by atoms with Crippen LogP contribution in [-0.4, -0.2) is 32.3 Å². The van der Waals surface area contributed by atoms with Crippen LogP contribution in [0.5, 0.6) is 11.5 Å². The summed E-state index contributed by atoms with van der Waals surface area (Å²) in [7, 11) is 1.58. The standard InChI is InChI=1S/C23H23NO4/c1-26-21-11-5-4-10-20(21)24-23(25)19-13-16-7-2-3-8-17(16)14-22(19)28-15-18-9-6-12-27-18/h2-5,7-8,10-11,13-14,18H,6,9,12,15H2,1H3,(H,24,25). The van der Waals surface area contributed by atoms with E-state index in [-0.39, 0.29) is 12.0 Å². The number of carbonyl (C=O) groups excluding carboxylic acids is 1. The van der Waals surface area contributed by atoms with Crippen LogP contribution in [0.4, 0.5) is 5.69 Å². The van der Waals surface area contributed by atoms with Crippen molar-refractivity contribution >= 4 is 22.4 Å². The summed E-state index contributed by atoms with van der Waals surface area (Å²) in [5.74, 6) is 0.928. The minimum atomic E-state index is -0.238. The lowest BCUT2D eigenvalue weighted by atomic mass is 10.0. The number of rotatable bonds is 6. The molecule has 3 aromatic rings. The predicted octanol–water partition coefficient (Wildman–Crippen LogP) is 4.66. The summed E-state index contributed by atoms with van der Waals surface area (Å²) >= 11 is 0. The molecular weight excluding hydrogens is 354 g/mol. The third-order valence-electron chi connectivity index (χ3n) is 4.90. The Hall–Kier alpha value is -3.05. The van der Waals surface area contributed by atoms with Gasteiger partial charge in [0.2, 0.25) is 0 Å². The van der Waals surface area contributed by atoms with Gasteiger partial charge < -0.3 is 19.5 Å². The summed E-state index contributed by atoms with van der Waals surface area (Å²) in [5, 5.41) is 4.95. The van der Waals surface area contributed by atoms with Crippen LogP contribution in [0.2, 0.25) is 0 Å². The van der Waals surface area contributed by atoms with E-state index in [0.717, 1.165) is 30.2 Å². The van der Waals surface area contributed by atoms with Crippen LogP contribution in [-0.2, 0) is 4.74 Å². The zero-order valence-electron chi connectivity index (χ0n) is 15.8. The number of benzene rings is 3. The summed E-state index contributed by atoms with van der Waals surface area (Å²) in [6, 6.07) is 19.0. The number of nitrogens with one attached hydrogen (secondary N) is 1. The first kappa shape index (κ1) is 18.3. The third kappa shape index (κ3) is 3.94. The number of anilines is 1. The molecule has 0 aliphatic carbocycles. The first-order valence-corrected chi connectivity index (χ1v) is 9.46. The van der Waals surface area contributed by atoms with Gasteiger partial charge in [-0.2, -0.15) is 0 Å². The van der Waals surface area contributed by atoms with Crippen molar-refractivity contribution in [2.75, 3.05) is 25.6 Å². The Morgan fingerprint density at radius 3 is 2.57 bits per heavy atom. The SMILES string of the molecule is COc1ccccc1NC(=O)c1cc2ccccc2cc1OCC1CCCO1. The maximum Gasteiger partial charge on any atom is 0.259 e. The topological polar surface area (TPSA) is 56.8 Å². The molecule has 1 unspecified atom stereocenters. The minimum Gasteiger partial charge on any atom is -0.495 e. The van der Waals surface area contributed by atoms with Gasteiger partial charge in [0, 0.05) is 6.61 Å². The molecule has 0 radical (unpaired) electrons. The molecule has 0 saturated carbocycles. The molecule has 1 saturated heterocycles. The van der Waals surface area contributed by atoms with Crippen molar-refractivity contribution in [1.29, 1.82) is 0 Å². The summed E-state index contributed by atoms with van der Waals surface area (Å²) in [4.78, 5) is 13.1. The number of ether oxygens (including phenoxy) is 3. The highest BCUT2D eigenvalue weighted by Gasteiger charge is 2.20. The summed E-state index contributed by atoms with van der Waals surface area (Å²) in [5.41, 5.74) is 1.11. The van der Waals surface area contributed by atoms with Crippen LogP contribution in [0.15, 0.2) is 60.7 Å². The van der Waals surface area contributed by atoms with Crippen molar-refractivity contribution in [3.05, 3.63) is 66.2 Å². The molecule has 144 valence electrons. The Labute approximate surface area is 164 Å². The first-order valence-electron chi connectivity index (χ1n) is 9.46. The van der Waals surface area contributed by atoms with Gasteiger partial charge in [0.25, 0.3) is 5.91 Å².